The highest BCUT2D eigenvalue weighted by molar-refractivity contribution is 7.88. The maximum Gasteiger partial charge on any atom is 0.229 e. The van der Waals surface area contributed by atoms with Gasteiger partial charge in [0.15, 0.2) is 0 Å². The second-order valence-electron chi connectivity index (χ2n) is 38.9. The fraction of sp³-hybridized carbons (Fsp3) is 0.520. The lowest BCUT2D eigenvalue weighted by Gasteiger charge is -2.46. The van der Waals surface area contributed by atoms with Crippen molar-refractivity contribution >= 4 is 141 Å². The van der Waals surface area contributed by atoms with Gasteiger partial charge in [-0.2, -0.15) is 40.3 Å². The van der Waals surface area contributed by atoms with E-state index in [0.29, 0.717) is 108 Å². The Hall–Kier alpha value is -12.2. The third-order valence-electron chi connectivity index (χ3n) is 30.0. The summed E-state index contributed by atoms with van der Waals surface area (Å²) in [6.45, 7) is 28.4. The fourth-order valence-corrected chi connectivity index (χ4v) is 22.3. The van der Waals surface area contributed by atoms with Gasteiger partial charge in [0.05, 0.1) is 28.3 Å². The first-order chi connectivity index (χ1) is 63.2. The minimum atomic E-state index is -3.10. The van der Waals surface area contributed by atoms with Crippen LogP contribution in [0.25, 0.3) is 43.6 Å². The fourth-order valence-electron chi connectivity index (χ4n) is 21.3. The van der Waals surface area contributed by atoms with Crippen LogP contribution in [0.4, 0.5) is 69.8 Å². The number of nitrogens with one attached hydrogen (secondary N) is 8. The third kappa shape index (κ3) is 20.5. The van der Waals surface area contributed by atoms with Gasteiger partial charge in [0.2, 0.25) is 51.5 Å². The Labute approximate surface area is 773 Å². The van der Waals surface area contributed by atoms with Crippen molar-refractivity contribution in [2.75, 3.05) is 101 Å². The summed E-state index contributed by atoms with van der Waals surface area (Å²) in [6.07, 6.45) is 27.4. The number of carbonyl (C=O) groups is 3. The zero-order valence-electron chi connectivity index (χ0n) is 79.4. The second kappa shape index (κ2) is 38.2. The molecule has 8 N–H and O–H groups in total. The molecule has 8 fully saturated rings. The highest BCUT2D eigenvalue weighted by Gasteiger charge is 2.46. The Balaban J connectivity index is 0.000000123. The van der Waals surface area contributed by atoms with Crippen LogP contribution in [0.1, 0.15) is 175 Å². The van der Waals surface area contributed by atoms with Gasteiger partial charge in [-0.3, -0.25) is 33.1 Å². The van der Waals surface area contributed by atoms with Crippen molar-refractivity contribution in [3.05, 3.63) is 143 Å². The second-order valence-corrected chi connectivity index (χ2v) is 40.9. The molecular formula is C98H130N28O5S. The minimum Gasteiger partial charge on any atom is -0.367 e. The molecule has 0 radical (unpaired) electrons. The molecule has 3 amide bonds. The molecule has 4 aromatic carbocycles. The number of rotatable bonds is 18. The van der Waals surface area contributed by atoms with Gasteiger partial charge in [0.1, 0.15) is 23.3 Å². The van der Waals surface area contributed by atoms with Crippen LogP contribution < -0.4 is 42.5 Å². The van der Waals surface area contributed by atoms with E-state index in [2.05, 4.69) is 154 Å². The predicted molar refractivity (Wildman–Crippen MR) is 522 cm³/mol. The Morgan fingerprint density at radius 1 is 0.379 bits per heavy atom. The zero-order chi connectivity index (χ0) is 92.8. The van der Waals surface area contributed by atoms with Crippen LogP contribution in [0.5, 0.6) is 0 Å². The largest absolute Gasteiger partial charge is 0.367 e. The van der Waals surface area contributed by atoms with Crippen LogP contribution in [-0.4, -0.2) is 207 Å². The number of anilines is 12. The van der Waals surface area contributed by atoms with Gasteiger partial charge in [0, 0.05) is 239 Å². The lowest BCUT2D eigenvalue weighted by Crippen LogP contribution is -2.45. The summed E-state index contributed by atoms with van der Waals surface area (Å²) >= 11 is 0. The average Bonchev–Trinajstić information content (AvgIpc) is 1.48. The number of piperidine rings is 2. The van der Waals surface area contributed by atoms with Crippen molar-refractivity contribution < 1.29 is 22.8 Å². The van der Waals surface area contributed by atoms with Crippen LogP contribution >= 0.6 is 0 Å². The van der Waals surface area contributed by atoms with Crippen LogP contribution in [0.2, 0.25) is 0 Å². The van der Waals surface area contributed by atoms with Gasteiger partial charge in [-0.05, 0) is 265 Å². The van der Waals surface area contributed by atoms with Crippen molar-refractivity contribution in [2.24, 2.45) is 62.7 Å². The maximum atomic E-state index is 12.0. The number of nitrogens with zero attached hydrogens (tertiary/aromatic N) is 20. The predicted octanol–water partition coefficient (Wildman–Crippen LogP) is 16.0. The van der Waals surface area contributed by atoms with Crippen LogP contribution in [0.15, 0.2) is 97.6 Å². The molecule has 4 saturated carbocycles. The summed E-state index contributed by atoms with van der Waals surface area (Å²) in [4.78, 5) is 78.4. The number of likely N-dealkylation sites (tertiary alicyclic amines) is 3. The third-order valence-corrected chi connectivity index (χ3v) is 31.3. The molecule has 8 aliphatic rings. The van der Waals surface area contributed by atoms with Crippen molar-refractivity contribution in [3.8, 4) is 0 Å². The monoisotopic (exact) mass is 1810 g/mol. The van der Waals surface area contributed by atoms with Gasteiger partial charge in [-0.25, -0.2) is 32.7 Å². The number of fused-ring (bicyclic) bond motifs is 6. The highest BCUT2D eigenvalue weighted by Crippen LogP contribution is 2.48. The van der Waals surface area contributed by atoms with E-state index in [0.717, 1.165) is 251 Å². The van der Waals surface area contributed by atoms with Gasteiger partial charge in [-0.1, -0.05) is 6.92 Å². The minimum absolute atomic E-state index is 0.195. The van der Waals surface area contributed by atoms with Crippen LogP contribution in [0.3, 0.4) is 0 Å². The summed E-state index contributed by atoms with van der Waals surface area (Å²) in [7, 11) is 4.73. The molecule has 0 bridgehead atoms. The number of benzene rings is 4. The number of amides is 3. The molecule has 2 spiro atoms. The van der Waals surface area contributed by atoms with Crippen LogP contribution in [-0.2, 0) is 52.6 Å². The number of sulfonamides is 1. The van der Waals surface area contributed by atoms with Gasteiger partial charge >= 0.3 is 0 Å². The highest BCUT2D eigenvalue weighted by atomic mass is 32.2. The molecule has 4 aliphatic heterocycles. The van der Waals surface area contributed by atoms with Crippen molar-refractivity contribution in [1.82, 2.24) is 98.0 Å². The molecule has 4 aliphatic carbocycles. The molecule has 12 heterocycles. The Bertz CT molecular complexity index is 6350. The lowest BCUT2D eigenvalue weighted by atomic mass is 9.67. The first-order valence-corrected chi connectivity index (χ1v) is 49.0. The lowest BCUT2D eigenvalue weighted by molar-refractivity contribution is -0.133. The van der Waals surface area contributed by atoms with Crippen LogP contribution in [0, 0.1) is 89.9 Å². The van der Waals surface area contributed by atoms with E-state index in [-0.39, 0.29) is 11.8 Å². The molecule has 33 nitrogen and oxygen atoms in total. The molecular weight excluding hydrogens is 1680 g/mol. The Morgan fingerprint density at radius 2 is 0.652 bits per heavy atom. The summed E-state index contributed by atoms with van der Waals surface area (Å²) < 4.78 is 32.9. The normalized spacial score (nSPS) is 20.6. The van der Waals surface area contributed by atoms with E-state index >= 15 is 0 Å². The van der Waals surface area contributed by atoms with Gasteiger partial charge in [-0.15, -0.1) is 0 Å². The number of aryl methyl sites for hydroxylation is 12. The molecule has 34 heteroatoms. The number of hydrogen-bond donors (Lipinski definition) is 8. The van der Waals surface area contributed by atoms with E-state index in [1.807, 2.05) is 151 Å². The van der Waals surface area contributed by atoms with Crippen molar-refractivity contribution in [2.45, 2.75) is 209 Å². The summed E-state index contributed by atoms with van der Waals surface area (Å²) in [5.74, 6) is 8.50. The molecule has 698 valence electrons. The molecule has 4 saturated heterocycles. The van der Waals surface area contributed by atoms with Crippen molar-refractivity contribution in [3.63, 3.8) is 0 Å². The van der Waals surface area contributed by atoms with Gasteiger partial charge < -0.3 is 57.2 Å². The smallest absolute Gasteiger partial charge is 0.229 e. The standard InChI is InChI=1S/C27H37N7O.C26H35N7O.C23H29N7O.C22H29N7O2S/c1-5-24(35)34-14-12-27(13-15-34)10-8-20(9-11-27)29-25-18(2)17-28-26(31-25)30-21-6-7-22-19(3)33(4)32-23(22)16-21;1-17-16-27-25(29-21-5-6-22-18(2)32(4)31-23(22)15-21)30-24(17)28-20-7-9-26(10-8-20)11-13-33(14-12-26)19(3)34;1-13-10-24-23(26-18-5-6-20-14(2)29(4)28-21(20)9-18)27-22(13)25-19-7-16-11-30(15(3)31)12-17(16)8-19;1-13-10-23-22(25-17-5-6-19-14(2)28(3)27-20(19)9-17)26-21(13)24-18-7-15-11-29(32(4,30)31)12-16(15)8-18/h6-7,16-17,20H,5,8-15H2,1-4H3,(H2,28,29,30,31);5-6,15-16,20H,7-14H2,1-4H3,(H2,27,28,29,30);5-6,9-10,16-17,19H,7-8,11-12H2,1-4H3,(H2,24,25,26,27);5-6,9-10,15-16,18H,7-8,11-12H2,1-4H3,(H2,23,24,25,26). The summed E-state index contributed by atoms with van der Waals surface area (Å²) in [6, 6.07) is 26.1. The van der Waals surface area contributed by atoms with Gasteiger partial charge in [0.25, 0.3) is 0 Å². The molecule has 4 atom stereocenters. The van der Waals surface area contributed by atoms with Crippen molar-refractivity contribution in [1.29, 1.82) is 0 Å². The van der Waals surface area contributed by atoms with E-state index in [1.54, 1.807) is 18.2 Å². The molecule has 4 unspecified atom stereocenters. The quantitative estimate of drug-likeness (QED) is 0.0395. The van der Waals surface area contributed by atoms with E-state index in [1.165, 1.54) is 31.9 Å². The Morgan fingerprint density at radius 3 is 0.924 bits per heavy atom. The first-order valence-electron chi connectivity index (χ1n) is 47.2. The Kier molecular flexibility index (Phi) is 26.5. The number of aromatic nitrogens is 16. The number of hydrogen-bond acceptors (Lipinski definition) is 25. The SMILES string of the molecule is CC(=O)N1CC2CC(Nc3nc(Nc4ccc5c(C)n(C)nc5c4)ncc3C)CC2C1.CC(=O)N1CCC2(CCC(Nc3nc(Nc4ccc5c(C)n(C)nc5c4)ncc3C)CC2)CC1.CCC(=O)N1CCC2(CCC(Nc3nc(Nc4ccc5c(C)n(C)nc5c4)ncc3C)CC2)CC1.Cc1cnc(Nc2ccc3c(C)n(C)nc3c2)nc1NC1CC2CN(S(C)(=O)=O)CC2C1. The van der Waals surface area contributed by atoms with E-state index < -0.39 is 10.0 Å². The van der Waals surface area contributed by atoms with E-state index in [4.69, 9.17) is 19.9 Å². The molecule has 12 aromatic rings. The maximum absolute atomic E-state index is 12.0. The molecule has 132 heavy (non-hydrogen) atoms. The van der Waals surface area contributed by atoms with E-state index in [9.17, 15) is 22.8 Å². The average molecular weight is 1810 g/mol. The topological polar surface area (TPSA) is 369 Å². The molecule has 8 aromatic heterocycles. The summed E-state index contributed by atoms with van der Waals surface area (Å²) in [5.41, 5.74) is 17.0. The molecule has 20 rings (SSSR count). The zero-order valence-corrected chi connectivity index (χ0v) is 80.2. The summed E-state index contributed by atoms with van der Waals surface area (Å²) in [5, 5.41) is 50.8. The number of carbonyl (C=O) groups excluding carboxylic acids is 3. The first kappa shape index (κ1) is 91.7.